The zero-order valence-corrected chi connectivity index (χ0v) is 20.4. The second-order valence-corrected chi connectivity index (χ2v) is 8.94. The highest BCUT2D eigenvalue weighted by Crippen LogP contribution is 2.15. The first-order chi connectivity index (χ1) is 18.1. The van der Waals surface area contributed by atoms with E-state index in [4.69, 9.17) is 5.73 Å². The average Bonchev–Trinajstić information content (AvgIpc) is 3.33. The van der Waals surface area contributed by atoms with Crippen LogP contribution in [0.5, 0.6) is 0 Å². The lowest BCUT2D eigenvalue weighted by molar-refractivity contribution is -0.510. The van der Waals surface area contributed by atoms with Crippen LogP contribution in [0.1, 0.15) is 36.0 Å². The summed E-state index contributed by atoms with van der Waals surface area (Å²) >= 11 is 0. The van der Waals surface area contributed by atoms with Gasteiger partial charge in [-0.15, -0.1) is 0 Å². The van der Waals surface area contributed by atoms with Crippen LogP contribution >= 0.6 is 0 Å². The van der Waals surface area contributed by atoms with E-state index in [0.717, 1.165) is 23.7 Å². The van der Waals surface area contributed by atoms with E-state index in [0.29, 0.717) is 55.0 Å². The van der Waals surface area contributed by atoms with E-state index in [2.05, 4.69) is 43.8 Å². The Morgan fingerprint density at radius 2 is 1.73 bits per heavy atom. The molecule has 4 N–H and O–H groups in total. The maximum atomic E-state index is 12.6. The molecule has 1 aromatic carbocycles. The molecule has 4 aromatic heterocycles. The molecule has 0 spiro atoms. The van der Waals surface area contributed by atoms with Crippen LogP contribution in [0, 0.1) is 0 Å². The van der Waals surface area contributed by atoms with Crippen LogP contribution < -0.4 is 20.8 Å². The van der Waals surface area contributed by atoms with Crippen molar-refractivity contribution in [2.45, 2.75) is 32.2 Å². The molecule has 0 aliphatic carbocycles. The average molecular weight is 498 g/mol. The van der Waals surface area contributed by atoms with Gasteiger partial charge in [0.1, 0.15) is 17.4 Å². The summed E-state index contributed by atoms with van der Waals surface area (Å²) in [7, 11) is 0. The van der Waals surface area contributed by atoms with Gasteiger partial charge in [-0.05, 0) is 36.8 Å². The van der Waals surface area contributed by atoms with E-state index < -0.39 is 0 Å². The van der Waals surface area contributed by atoms with E-state index in [1.54, 1.807) is 6.33 Å². The monoisotopic (exact) mass is 497 g/mol. The van der Waals surface area contributed by atoms with Crippen LogP contribution in [0.2, 0.25) is 0 Å². The van der Waals surface area contributed by atoms with Crippen molar-refractivity contribution in [3.05, 3.63) is 73.1 Å². The Morgan fingerprint density at radius 3 is 2.59 bits per heavy atom. The third-order valence-electron chi connectivity index (χ3n) is 6.29. The molecule has 188 valence electrons. The van der Waals surface area contributed by atoms with Crippen molar-refractivity contribution in [2.24, 2.45) is 0 Å². The number of nitrogens with zero attached hydrogens (tertiary/aromatic N) is 5. The third-order valence-corrected chi connectivity index (χ3v) is 6.29. The van der Waals surface area contributed by atoms with Crippen molar-refractivity contribution >= 4 is 45.1 Å². The standard InChI is InChI=1S/C27H28N8O2/c28-25-24-26(32-17-31-25)34(18-33-24)13-5-8-23(36)29-11-3-4-12-30-27(37)21-9-10-22-14-19-6-1-2-7-20(19)15-35(22)16-21/h1-2,6-7,9-10,14-18H,3-5,8,11-13H2,(H3-,28,29,30,31,32,36,37)/p+1. The molecule has 0 aliphatic rings. The highest BCUT2D eigenvalue weighted by Gasteiger charge is 2.12. The second kappa shape index (κ2) is 11.0. The van der Waals surface area contributed by atoms with E-state index in [1.165, 1.54) is 11.7 Å². The molecule has 0 fully saturated rings. The molecule has 0 radical (unpaired) electrons. The number of anilines is 1. The Labute approximate surface area is 213 Å². The fourth-order valence-electron chi connectivity index (χ4n) is 4.31. The molecule has 10 heteroatoms. The number of unbranched alkanes of at least 4 members (excludes halogenated alkanes) is 1. The third kappa shape index (κ3) is 5.64. The lowest BCUT2D eigenvalue weighted by Crippen LogP contribution is -2.29. The Bertz CT molecular complexity index is 1580. The Kier molecular flexibility index (Phi) is 7.16. The molecule has 5 rings (SSSR count). The van der Waals surface area contributed by atoms with Crippen molar-refractivity contribution in [1.29, 1.82) is 0 Å². The highest BCUT2D eigenvalue weighted by atomic mass is 16.2. The number of rotatable bonds is 10. The molecule has 2 amide bonds. The largest absolute Gasteiger partial charge is 0.382 e. The maximum absolute atomic E-state index is 12.6. The normalized spacial score (nSPS) is 11.2. The first kappa shape index (κ1) is 24.1. The molecule has 37 heavy (non-hydrogen) atoms. The Hall–Kier alpha value is -4.60. The zero-order chi connectivity index (χ0) is 25.6. The fourth-order valence-corrected chi connectivity index (χ4v) is 4.31. The van der Waals surface area contributed by atoms with Crippen molar-refractivity contribution in [2.75, 3.05) is 18.8 Å². The summed E-state index contributed by atoms with van der Waals surface area (Å²) < 4.78 is 3.85. The number of imidazole rings is 1. The number of aromatic nitrogens is 5. The maximum Gasteiger partial charge on any atom is 0.257 e. The van der Waals surface area contributed by atoms with E-state index in [9.17, 15) is 9.59 Å². The molecule has 0 saturated carbocycles. The lowest BCUT2D eigenvalue weighted by Gasteiger charge is -2.07. The van der Waals surface area contributed by atoms with Crippen LogP contribution in [0.25, 0.3) is 27.5 Å². The molecule has 10 nitrogen and oxygen atoms in total. The number of carbonyl (C=O) groups excluding carboxylic acids is 2. The fraction of sp³-hybridized carbons (Fsp3) is 0.259. The van der Waals surface area contributed by atoms with E-state index >= 15 is 0 Å². The highest BCUT2D eigenvalue weighted by molar-refractivity contribution is 5.94. The number of benzene rings is 1. The first-order valence-corrected chi connectivity index (χ1v) is 12.4. The Morgan fingerprint density at radius 1 is 0.919 bits per heavy atom. The molecule has 4 heterocycles. The van der Waals surface area contributed by atoms with Gasteiger partial charge in [-0.25, -0.2) is 15.0 Å². The van der Waals surface area contributed by atoms with Gasteiger partial charge >= 0.3 is 0 Å². The van der Waals surface area contributed by atoms with Crippen LogP contribution in [-0.4, -0.2) is 44.4 Å². The van der Waals surface area contributed by atoms with Crippen molar-refractivity contribution in [3.8, 4) is 0 Å². The molecule has 0 bridgehead atoms. The quantitative estimate of drug-likeness (QED) is 0.154. The molecule has 0 aliphatic heterocycles. The summed E-state index contributed by atoms with van der Waals surface area (Å²) in [5.74, 6) is 0.247. The van der Waals surface area contributed by atoms with Gasteiger partial charge in [0.05, 0.1) is 6.33 Å². The van der Waals surface area contributed by atoms with E-state index in [1.807, 2.05) is 45.6 Å². The van der Waals surface area contributed by atoms with Gasteiger partial charge in [0, 0.05) is 43.6 Å². The van der Waals surface area contributed by atoms with Crippen LogP contribution in [0.15, 0.2) is 67.5 Å². The van der Waals surface area contributed by atoms with Gasteiger partial charge in [-0.3, -0.25) is 9.59 Å². The minimum Gasteiger partial charge on any atom is -0.382 e. The van der Waals surface area contributed by atoms with Crippen molar-refractivity contribution in [1.82, 2.24) is 30.2 Å². The number of nitrogens with two attached hydrogens (primary N) is 1. The smallest absolute Gasteiger partial charge is 0.257 e. The zero-order valence-electron chi connectivity index (χ0n) is 20.4. The molecule has 0 atom stereocenters. The van der Waals surface area contributed by atoms with Crippen LogP contribution in [-0.2, 0) is 11.3 Å². The van der Waals surface area contributed by atoms with Gasteiger partial charge in [0.2, 0.25) is 11.4 Å². The van der Waals surface area contributed by atoms with E-state index in [-0.39, 0.29) is 11.8 Å². The molecule has 0 unspecified atom stereocenters. The number of nitrogen functional groups attached to an aromatic ring is 1. The number of carbonyl (C=O) groups is 2. The molecular weight excluding hydrogens is 468 g/mol. The van der Waals surface area contributed by atoms with Crippen molar-refractivity contribution in [3.63, 3.8) is 0 Å². The van der Waals surface area contributed by atoms with Gasteiger partial charge < -0.3 is 20.9 Å². The predicted octanol–water partition coefficient (Wildman–Crippen LogP) is 2.41. The minimum absolute atomic E-state index is 0.00306. The van der Waals surface area contributed by atoms with Crippen LogP contribution in [0.4, 0.5) is 5.82 Å². The molecule has 5 aromatic rings. The summed E-state index contributed by atoms with van der Waals surface area (Å²) in [6.45, 7) is 1.74. The van der Waals surface area contributed by atoms with Gasteiger partial charge in [0.15, 0.2) is 23.9 Å². The topological polar surface area (TPSA) is 132 Å². The minimum atomic E-state index is -0.106. The summed E-state index contributed by atoms with van der Waals surface area (Å²) in [5, 5.41) is 8.19. The van der Waals surface area contributed by atoms with Gasteiger partial charge in [-0.1, -0.05) is 18.2 Å². The molecular formula is C27H29N8O2+. The molecule has 0 saturated heterocycles. The number of fused-ring (bicyclic) bond motifs is 3. The number of pyridine rings is 2. The predicted molar refractivity (Wildman–Crippen MR) is 141 cm³/mol. The number of nitrogens with one attached hydrogen (secondary N) is 2. The lowest BCUT2D eigenvalue weighted by atomic mass is 10.1. The van der Waals surface area contributed by atoms with Crippen LogP contribution in [0.3, 0.4) is 0 Å². The Balaban J connectivity index is 1.00. The number of aryl methyl sites for hydroxylation is 1. The van der Waals surface area contributed by atoms with Gasteiger partial charge in [0.25, 0.3) is 5.91 Å². The van der Waals surface area contributed by atoms with Crippen molar-refractivity contribution < 1.29 is 14.0 Å². The summed E-state index contributed by atoms with van der Waals surface area (Å²) in [6.07, 6.45) is 9.60. The number of hydrogen-bond acceptors (Lipinski definition) is 6. The first-order valence-electron chi connectivity index (χ1n) is 12.4. The SMILES string of the molecule is Nc1ncnc2c1ncn2CCCC(=O)NCCCCNC(=O)c1ccc2cc3ccccc3c[n+]2c1. The number of hydrogen-bond donors (Lipinski definition) is 3. The summed E-state index contributed by atoms with van der Waals surface area (Å²) in [6, 6.07) is 14.1. The van der Waals surface area contributed by atoms with Gasteiger partial charge in [-0.2, -0.15) is 4.40 Å². The summed E-state index contributed by atoms with van der Waals surface area (Å²) in [5.41, 5.74) is 8.69. The second-order valence-electron chi connectivity index (χ2n) is 8.94. The summed E-state index contributed by atoms with van der Waals surface area (Å²) in [4.78, 5) is 37.1. The number of amides is 2.